The van der Waals surface area contributed by atoms with E-state index in [4.69, 9.17) is 0 Å². The van der Waals surface area contributed by atoms with Gasteiger partial charge in [0.05, 0.1) is 44.6 Å². The molecule has 0 spiro atoms. The number of aryl methyl sites for hydroxylation is 8. The Morgan fingerprint density at radius 2 is 0.645 bits per heavy atom. The summed E-state index contributed by atoms with van der Waals surface area (Å²) in [6, 6.07) is 63.7. The van der Waals surface area contributed by atoms with E-state index in [1.54, 1.807) is 12.1 Å². The lowest BCUT2D eigenvalue weighted by atomic mass is 9.94. The summed E-state index contributed by atoms with van der Waals surface area (Å²) < 4.78 is 51.4. The molecule has 12 rings (SSSR count). The van der Waals surface area contributed by atoms with E-state index in [-0.39, 0.29) is 5.56 Å². The molecule has 0 saturated carbocycles. The summed E-state index contributed by atoms with van der Waals surface area (Å²) in [5.74, 6) is 0. The Bertz CT molecular complexity index is 4140. The van der Waals surface area contributed by atoms with Crippen molar-refractivity contribution >= 4 is 43.6 Å². The number of aromatic nitrogens is 2. The van der Waals surface area contributed by atoms with Gasteiger partial charge in [-0.05, 0) is 148 Å². The molecule has 10 aromatic carbocycles. The van der Waals surface area contributed by atoms with Crippen molar-refractivity contribution in [2.24, 2.45) is 0 Å². The van der Waals surface area contributed by atoms with Crippen molar-refractivity contribution in [2.45, 2.75) is 61.6 Å². The van der Waals surface area contributed by atoms with Crippen LogP contribution in [0.1, 0.15) is 55.6 Å². The monoisotopic (exact) mass is 993 g/mol. The summed E-state index contributed by atoms with van der Waals surface area (Å²) in [4.78, 5) is 0. The van der Waals surface area contributed by atoms with Crippen LogP contribution in [0.3, 0.4) is 0 Å². The zero-order chi connectivity index (χ0) is 52.9. The molecule has 0 aliphatic carbocycles. The maximum absolute atomic E-state index is 15.7. The van der Waals surface area contributed by atoms with Crippen LogP contribution in [0.2, 0.25) is 0 Å². The predicted molar refractivity (Wildman–Crippen MR) is 310 cm³/mol. The second-order valence-corrected chi connectivity index (χ2v) is 21.1. The van der Waals surface area contributed by atoms with Crippen LogP contribution in [0, 0.1) is 66.7 Å². The van der Waals surface area contributed by atoms with Crippen LogP contribution in [0.4, 0.5) is 13.2 Å². The highest BCUT2D eigenvalue weighted by atomic mass is 19.4. The molecule has 370 valence electrons. The van der Waals surface area contributed by atoms with Crippen molar-refractivity contribution in [3.8, 4) is 73.1 Å². The molecule has 0 radical (unpaired) electrons. The predicted octanol–water partition coefficient (Wildman–Crippen LogP) is 19.6. The van der Waals surface area contributed by atoms with Crippen LogP contribution in [-0.4, -0.2) is 9.13 Å². The topological polar surface area (TPSA) is 33.6 Å². The summed E-state index contributed by atoms with van der Waals surface area (Å²) in [6.07, 6.45) is -4.70. The fourth-order valence-electron chi connectivity index (χ4n) is 12.1. The van der Waals surface area contributed by atoms with Crippen molar-refractivity contribution in [1.29, 1.82) is 5.26 Å². The molecule has 0 aliphatic heterocycles. The van der Waals surface area contributed by atoms with E-state index in [9.17, 15) is 5.26 Å². The van der Waals surface area contributed by atoms with Crippen molar-refractivity contribution < 1.29 is 13.2 Å². The smallest absolute Gasteiger partial charge is 0.309 e. The molecule has 6 heteroatoms. The third kappa shape index (κ3) is 8.43. The van der Waals surface area contributed by atoms with Crippen LogP contribution in [-0.2, 0) is 6.18 Å². The van der Waals surface area contributed by atoms with Gasteiger partial charge in [-0.25, -0.2) is 0 Å². The standard InChI is InChI=1S/C70H54F3N3/c1-40-21-41(2)26-52(25-40)48-13-17-58-59-18-14-49(53-27-42(3)22-43(4)28-53)34-66(59)75(65(58)33-48)64-38-62(57-11-9-10-12-63(57)70(71,72)73)69(37-56(64)39-74)76-67-35-50(54-29-44(5)23-45(6)30-54)15-19-60(67)61-20-16-51(36-68(61)76)55-31-46(7)24-47(8)32-55/h9-38H,1-8H3. The van der Waals surface area contributed by atoms with Crippen molar-refractivity contribution in [2.75, 3.05) is 0 Å². The van der Waals surface area contributed by atoms with Gasteiger partial charge in [-0.1, -0.05) is 184 Å². The number of fused-ring (bicyclic) bond motifs is 6. The van der Waals surface area contributed by atoms with Gasteiger partial charge in [-0.3, -0.25) is 0 Å². The quantitative estimate of drug-likeness (QED) is 0.157. The lowest BCUT2D eigenvalue weighted by Gasteiger charge is -2.21. The Labute approximate surface area is 441 Å². The second-order valence-electron chi connectivity index (χ2n) is 21.1. The van der Waals surface area contributed by atoms with Gasteiger partial charge in [0.1, 0.15) is 6.07 Å². The zero-order valence-electron chi connectivity index (χ0n) is 43.8. The van der Waals surface area contributed by atoms with Gasteiger partial charge in [-0.15, -0.1) is 0 Å². The maximum Gasteiger partial charge on any atom is 0.417 e. The normalized spacial score (nSPS) is 11.9. The van der Waals surface area contributed by atoms with Crippen molar-refractivity contribution in [3.05, 3.63) is 238 Å². The minimum Gasteiger partial charge on any atom is -0.309 e. The molecule has 0 atom stereocenters. The fourth-order valence-corrected chi connectivity index (χ4v) is 12.1. The summed E-state index contributed by atoms with van der Waals surface area (Å²) in [5.41, 5.74) is 21.2. The Morgan fingerprint density at radius 3 is 0.961 bits per heavy atom. The first-order chi connectivity index (χ1) is 36.5. The minimum absolute atomic E-state index is 0.00860. The molecular formula is C70H54F3N3. The average Bonchev–Trinajstić information content (AvgIpc) is 3.88. The van der Waals surface area contributed by atoms with Crippen LogP contribution >= 0.6 is 0 Å². The molecule has 0 fully saturated rings. The Hall–Kier alpha value is -8.92. The molecular weight excluding hydrogens is 940 g/mol. The van der Waals surface area contributed by atoms with Gasteiger partial charge < -0.3 is 9.13 Å². The third-order valence-electron chi connectivity index (χ3n) is 15.0. The van der Waals surface area contributed by atoms with Gasteiger partial charge in [-0.2, -0.15) is 18.4 Å². The van der Waals surface area contributed by atoms with Crippen molar-refractivity contribution in [1.82, 2.24) is 9.13 Å². The zero-order valence-corrected chi connectivity index (χ0v) is 43.8. The van der Waals surface area contributed by atoms with Gasteiger partial charge in [0, 0.05) is 27.1 Å². The molecule has 76 heavy (non-hydrogen) atoms. The number of nitrogens with zero attached hydrogens (tertiary/aromatic N) is 3. The van der Waals surface area contributed by atoms with Crippen LogP contribution in [0.25, 0.3) is 111 Å². The lowest BCUT2D eigenvalue weighted by molar-refractivity contribution is -0.137. The number of hydrogen-bond donors (Lipinski definition) is 0. The fraction of sp³-hybridized carbons (Fsp3) is 0.129. The first-order valence-electron chi connectivity index (χ1n) is 25.7. The molecule has 2 aromatic heterocycles. The second kappa shape index (κ2) is 18.2. The Balaban J connectivity index is 1.23. The van der Waals surface area contributed by atoms with E-state index in [0.29, 0.717) is 22.5 Å². The molecule has 12 aromatic rings. The van der Waals surface area contributed by atoms with E-state index in [2.05, 4.69) is 216 Å². The van der Waals surface area contributed by atoms with Crippen LogP contribution in [0.15, 0.2) is 182 Å². The number of rotatable bonds is 7. The molecule has 2 heterocycles. The van der Waals surface area contributed by atoms with Gasteiger partial charge in [0.15, 0.2) is 0 Å². The molecule has 0 aliphatic rings. The SMILES string of the molecule is Cc1cc(C)cc(-c2ccc3c4ccc(-c5cc(C)cc(C)c5)cc4n(-c4cc(-c5ccccc5C(F)(F)F)c(-n5c6cc(-c7cc(C)cc(C)c7)ccc6c6ccc(-c7cc(C)cc(C)c7)cc65)cc4C#N)c3c2)c1. The minimum atomic E-state index is -4.70. The Kier molecular flexibility index (Phi) is 11.5. The van der Waals surface area contributed by atoms with Crippen LogP contribution < -0.4 is 0 Å². The van der Waals surface area contributed by atoms with Gasteiger partial charge in [0.2, 0.25) is 0 Å². The summed E-state index contributed by atoms with van der Waals surface area (Å²) in [5, 5.41) is 15.5. The number of alkyl halides is 3. The van der Waals surface area contributed by atoms with E-state index in [1.807, 2.05) is 12.1 Å². The molecule has 0 N–H and O–H groups in total. The first-order valence-corrected chi connectivity index (χ1v) is 25.7. The largest absolute Gasteiger partial charge is 0.417 e. The maximum atomic E-state index is 15.7. The highest BCUT2D eigenvalue weighted by molar-refractivity contribution is 6.13. The average molecular weight is 994 g/mol. The van der Waals surface area contributed by atoms with Gasteiger partial charge >= 0.3 is 6.18 Å². The Morgan fingerprint density at radius 1 is 0.329 bits per heavy atom. The van der Waals surface area contributed by atoms with Crippen LogP contribution in [0.5, 0.6) is 0 Å². The molecule has 3 nitrogen and oxygen atoms in total. The molecule has 0 bridgehead atoms. The third-order valence-corrected chi connectivity index (χ3v) is 15.0. The van der Waals surface area contributed by atoms with Crippen molar-refractivity contribution in [3.63, 3.8) is 0 Å². The molecule has 0 saturated heterocycles. The summed E-state index contributed by atoms with van der Waals surface area (Å²) in [6.45, 7) is 16.7. The highest BCUT2D eigenvalue weighted by Gasteiger charge is 2.35. The van der Waals surface area contributed by atoms with E-state index in [0.717, 1.165) is 139 Å². The van der Waals surface area contributed by atoms with E-state index < -0.39 is 11.7 Å². The number of hydrogen-bond acceptors (Lipinski definition) is 1. The summed E-state index contributed by atoms with van der Waals surface area (Å²) in [7, 11) is 0. The number of benzene rings is 10. The van der Waals surface area contributed by atoms with E-state index >= 15 is 13.2 Å². The lowest BCUT2D eigenvalue weighted by Crippen LogP contribution is -2.09. The summed E-state index contributed by atoms with van der Waals surface area (Å²) >= 11 is 0. The first kappa shape index (κ1) is 48.0. The number of halogens is 3. The molecule has 0 amide bonds. The highest BCUT2D eigenvalue weighted by Crippen LogP contribution is 2.46. The number of nitriles is 1. The molecule has 0 unspecified atom stereocenters. The van der Waals surface area contributed by atoms with E-state index in [1.165, 1.54) is 6.07 Å². The van der Waals surface area contributed by atoms with Gasteiger partial charge in [0.25, 0.3) is 0 Å².